The van der Waals surface area contributed by atoms with Gasteiger partial charge in [-0.3, -0.25) is 4.79 Å². The third-order valence-electron chi connectivity index (χ3n) is 3.60. The van der Waals surface area contributed by atoms with Gasteiger partial charge in [0.05, 0.1) is 6.42 Å². The highest BCUT2D eigenvalue weighted by molar-refractivity contribution is 5.75. The first kappa shape index (κ1) is 16.5. The summed E-state index contributed by atoms with van der Waals surface area (Å²) in [6.45, 7) is 6.36. The van der Waals surface area contributed by atoms with Crippen LogP contribution in [0.5, 0.6) is 0 Å². The van der Waals surface area contributed by atoms with E-state index in [0.29, 0.717) is 6.54 Å². The zero-order valence-electron chi connectivity index (χ0n) is 12.7. The van der Waals surface area contributed by atoms with Gasteiger partial charge in [-0.05, 0) is 31.1 Å². The van der Waals surface area contributed by atoms with Crippen molar-refractivity contribution in [3.05, 3.63) is 11.6 Å². The molecule has 0 bridgehead atoms. The molecule has 0 aromatic rings. The molecule has 0 fully saturated rings. The average Bonchev–Trinajstić information content (AvgIpc) is 2.79. The van der Waals surface area contributed by atoms with Crippen LogP contribution in [0.2, 0.25) is 0 Å². The number of hydrogen-bond acceptors (Lipinski definition) is 2. The van der Waals surface area contributed by atoms with Crippen LogP contribution in [0.3, 0.4) is 0 Å². The van der Waals surface area contributed by atoms with Gasteiger partial charge in [-0.1, -0.05) is 32.4 Å². The van der Waals surface area contributed by atoms with Crippen LogP contribution in [0.1, 0.15) is 52.9 Å². The summed E-state index contributed by atoms with van der Waals surface area (Å²) in [6.07, 6.45) is 6.54. The lowest BCUT2D eigenvalue weighted by atomic mass is 9.85. The van der Waals surface area contributed by atoms with Gasteiger partial charge in [0.1, 0.15) is 0 Å². The third-order valence-corrected chi connectivity index (χ3v) is 3.60. The summed E-state index contributed by atoms with van der Waals surface area (Å²) in [5.41, 5.74) is 1.12. The van der Waals surface area contributed by atoms with Crippen LogP contribution in [-0.4, -0.2) is 29.7 Å². The van der Waals surface area contributed by atoms with E-state index >= 15 is 0 Å². The summed E-state index contributed by atoms with van der Waals surface area (Å²) >= 11 is 0. The molecular weight excluding hydrogens is 256 g/mol. The minimum absolute atomic E-state index is 0.0674. The minimum Gasteiger partial charge on any atom is -0.481 e. The average molecular weight is 282 g/mol. The molecular formula is C15H26N2O3. The van der Waals surface area contributed by atoms with Crippen molar-refractivity contribution in [1.29, 1.82) is 0 Å². The van der Waals surface area contributed by atoms with Crippen LogP contribution in [0.4, 0.5) is 4.79 Å². The number of amides is 2. The lowest BCUT2D eigenvalue weighted by Gasteiger charge is -2.30. The predicted octanol–water partition coefficient (Wildman–Crippen LogP) is 2.68. The Balaban J connectivity index is 2.35. The molecule has 3 N–H and O–H groups in total. The molecule has 0 spiro atoms. The molecule has 1 aliphatic carbocycles. The van der Waals surface area contributed by atoms with Crippen LogP contribution in [0.15, 0.2) is 11.6 Å². The second kappa shape index (κ2) is 7.31. The molecule has 0 saturated heterocycles. The van der Waals surface area contributed by atoms with Crippen molar-refractivity contribution >= 4 is 12.0 Å². The Hall–Kier alpha value is -1.52. The standard InChI is InChI=1S/C15H26N2O3/c1-15(2,3)12(10-13(18)19)17-14(20)16-9-8-11-6-4-5-7-11/h6,12H,4-5,7-10H2,1-3H3,(H,18,19)(H2,16,17,20). The largest absolute Gasteiger partial charge is 0.481 e. The molecule has 0 saturated carbocycles. The van der Waals surface area contributed by atoms with Crippen molar-refractivity contribution in [2.24, 2.45) is 5.41 Å². The van der Waals surface area contributed by atoms with Gasteiger partial charge >= 0.3 is 12.0 Å². The lowest BCUT2D eigenvalue weighted by molar-refractivity contribution is -0.138. The molecule has 0 heterocycles. The van der Waals surface area contributed by atoms with Gasteiger partial charge in [-0.15, -0.1) is 0 Å². The maximum Gasteiger partial charge on any atom is 0.315 e. The van der Waals surface area contributed by atoms with E-state index in [-0.39, 0.29) is 23.9 Å². The summed E-state index contributed by atoms with van der Waals surface area (Å²) in [6, 6.07) is -0.671. The highest BCUT2D eigenvalue weighted by Gasteiger charge is 2.28. The van der Waals surface area contributed by atoms with Crippen LogP contribution in [-0.2, 0) is 4.79 Å². The maximum absolute atomic E-state index is 11.8. The summed E-state index contributed by atoms with van der Waals surface area (Å²) in [7, 11) is 0. The second-order valence-electron chi connectivity index (χ2n) is 6.42. The first-order chi connectivity index (χ1) is 9.29. The van der Waals surface area contributed by atoms with Crippen LogP contribution < -0.4 is 10.6 Å². The van der Waals surface area contributed by atoms with E-state index in [0.717, 1.165) is 19.3 Å². The summed E-state index contributed by atoms with van der Waals surface area (Å²) in [5, 5.41) is 14.5. The Morgan fingerprint density at radius 2 is 2.10 bits per heavy atom. The summed E-state index contributed by atoms with van der Waals surface area (Å²) < 4.78 is 0. The number of hydrogen-bond donors (Lipinski definition) is 3. The Kier molecular flexibility index (Phi) is 6.05. The molecule has 0 aromatic heterocycles. The van der Waals surface area contributed by atoms with E-state index in [4.69, 9.17) is 5.11 Å². The number of aliphatic carboxylic acids is 1. The number of carboxylic acid groups (broad SMARTS) is 1. The van der Waals surface area contributed by atoms with Gasteiger partial charge in [0, 0.05) is 12.6 Å². The highest BCUT2D eigenvalue weighted by atomic mass is 16.4. The minimum atomic E-state index is -0.902. The zero-order valence-corrected chi connectivity index (χ0v) is 12.7. The van der Waals surface area contributed by atoms with E-state index in [1.807, 2.05) is 20.8 Å². The Morgan fingerprint density at radius 1 is 1.40 bits per heavy atom. The fourth-order valence-corrected chi connectivity index (χ4v) is 2.26. The van der Waals surface area contributed by atoms with Gasteiger partial charge in [0.25, 0.3) is 0 Å². The maximum atomic E-state index is 11.8. The first-order valence-corrected chi connectivity index (χ1v) is 7.23. The van der Waals surface area contributed by atoms with E-state index in [9.17, 15) is 9.59 Å². The molecule has 114 valence electrons. The smallest absolute Gasteiger partial charge is 0.315 e. The Morgan fingerprint density at radius 3 is 2.60 bits per heavy atom. The van der Waals surface area contributed by atoms with Gasteiger partial charge < -0.3 is 15.7 Å². The molecule has 5 heteroatoms. The van der Waals surface area contributed by atoms with Crippen molar-refractivity contribution in [2.45, 2.75) is 58.9 Å². The molecule has 2 amide bonds. The first-order valence-electron chi connectivity index (χ1n) is 7.23. The molecule has 1 rings (SSSR count). The van der Waals surface area contributed by atoms with Gasteiger partial charge in [0.15, 0.2) is 0 Å². The van der Waals surface area contributed by atoms with Crippen molar-refractivity contribution in [3.63, 3.8) is 0 Å². The topological polar surface area (TPSA) is 78.4 Å². The molecule has 20 heavy (non-hydrogen) atoms. The Bertz CT molecular complexity index is 383. The molecule has 0 radical (unpaired) electrons. The molecule has 1 aliphatic rings. The molecule has 5 nitrogen and oxygen atoms in total. The Labute approximate surface area is 120 Å². The van der Waals surface area contributed by atoms with E-state index in [1.54, 1.807) is 0 Å². The van der Waals surface area contributed by atoms with Crippen LogP contribution in [0.25, 0.3) is 0 Å². The van der Waals surface area contributed by atoms with Crippen molar-refractivity contribution < 1.29 is 14.7 Å². The lowest BCUT2D eigenvalue weighted by Crippen LogP contribution is -2.49. The number of rotatable bonds is 6. The monoisotopic (exact) mass is 282 g/mol. The van der Waals surface area contributed by atoms with Crippen molar-refractivity contribution in [2.75, 3.05) is 6.54 Å². The highest BCUT2D eigenvalue weighted by Crippen LogP contribution is 2.22. The SMILES string of the molecule is CC(C)(C)C(CC(=O)O)NC(=O)NCCC1=CCCC1. The molecule has 1 unspecified atom stereocenters. The van der Waals surface area contributed by atoms with Gasteiger partial charge in [0.2, 0.25) is 0 Å². The molecule has 0 aliphatic heterocycles. The fraction of sp³-hybridized carbons (Fsp3) is 0.733. The number of carboxylic acids is 1. The quantitative estimate of drug-likeness (QED) is 0.655. The normalized spacial score (nSPS) is 16.4. The number of allylic oxidation sites excluding steroid dienone is 1. The fourth-order valence-electron chi connectivity index (χ4n) is 2.26. The molecule has 1 atom stereocenters. The second-order valence-corrected chi connectivity index (χ2v) is 6.42. The summed E-state index contributed by atoms with van der Waals surface area (Å²) in [4.78, 5) is 22.7. The number of carbonyl (C=O) groups is 2. The van der Waals surface area contributed by atoms with E-state index < -0.39 is 5.97 Å². The third kappa shape index (κ3) is 6.08. The van der Waals surface area contributed by atoms with Crippen LogP contribution in [0, 0.1) is 5.41 Å². The van der Waals surface area contributed by atoms with E-state index in [1.165, 1.54) is 12.0 Å². The number of carbonyl (C=O) groups excluding carboxylic acids is 1. The van der Waals surface area contributed by atoms with Crippen LogP contribution >= 0.6 is 0 Å². The van der Waals surface area contributed by atoms with E-state index in [2.05, 4.69) is 16.7 Å². The van der Waals surface area contributed by atoms with Gasteiger partial charge in [-0.2, -0.15) is 0 Å². The predicted molar refractivity (Wildman–Crippen MR) is 78.6 cm³/mol. The zero-order chi connectivity index (χ0) is 15.2. The number of nitrogens with one attached hydrogen (secondary N) is 2. The number of urea groups is 1. The molecule has 0 aromatic carbocycles. The van der Waals surface area contributed by atoms with Gasteiger partial charge in [-0.25, -0.2) is 4.79 Å². The van der Waals surface area contributed by atoms with Crippen molar-refractivity contribution in [3.8, 4) is 0 Å². The van der Waals surface area contributed by atoms with Crippen molar-refractivity contribution in [1.82, 2.24) is 10.6 Å². The summed E-state index contributed by atoms with van der Waals surface area (Å²) in [5.74, 6) is -0.902.